The first-order valence-electron chi connectivity index (χ1n) is 3.88. The summed E-state index contributed by atoms with van der Waals surface area (Å²) >= 11 is 0. The van der Waals surface area contributed by atoms with Crippen molar-refractivity contribution in [1.29, 1.82) is 0 Å². The number of nitrogens with one attached hydrogen (secondary N) is 1. The summed E-state index contributed by atoms with van der Waals surface area (Å²) in [4.78, 5) is 21.2. The molecule has 0 radical (unpaired) electrons. The largest absolute Gasteiger partial charge is 0.481 e. The van der Waals surface area contributed by atoms with Crippen molar-refractivity contribution < 1.29 is 27.9 Å². The highest BCUT2D eigenvalue weighted by molar-refractivity contribution is 5.81. The van der Waals surface area contributed by atoms with Gasteiger partial charge in [-0.15, -0.1) is 0 Å². The van der Waals surface area contributed by atoms with E-state index >= 15 is 0 Å². The van der Waals surface area contributed by atoms with Crippen LogP contribution in [0.2, 0.25) is 0 Å². The van der Waals surface area contributed by atoms with Crippen molar-refractivity contribution >= 4 is 11.9 Å². The fraction of sp³-hybridized carbons (Fsp3) is 0.714. The molecule has 2 N–H and O–H groups in total. The molecule has 0 aliphatic carbocycles. The van der Waals surface area contributed by atoms with Crippen molar-refractivity contribution in [3.05, 3.63) is 0 Å². The van der Waals surface area contributed by atoms with Crippen LogP contribution >= 0.6 is 0 Å². The van der Waals surface area contributed by atoms with Crippen LogP contribution in [0.5, 0.6) is 0 Å². The summed E-state index contributed by atoms with van der Waals surface area (Å²) in [7, 11) is 0. The number of aliphatic carboxylic acids is 1. The minimum atomic E-state index is -4.64. The van der Waals surface area contributed by atoms with Crippen LogP contribution in [0.25, 0.3) is 0 Å². The lowest BCUT2D eigenvalue weighted by atomic mass is 9.85. The Labute approximate surface area is 77.1 Å². The van der Waals surface area contributed by atoms with E-state index in [1.165, 1.54) is 0 Å². The molecule has 0 unspecified atom stereocenters. The average molecular weight is 211 g/mol. The first-order chi connectivity index (χ1) is 6.32. The number of carbonyl (C=O) groups is 2. The standard InChI is InChI=1S/C7H8F3NO3/c8-7(9,10)4-1-5(12)11-2-3(4)6(13)14/h3-4H,1-2H2,(H,11,12)(H,13,14)/t3-,4+/m1/s1. The van der Waals surface area contributed by atoms with Gasteiger partial charge in [0.05, 0.1) is 11.8 Å². The van der Waals surface area contributed by atoms with Gasteiger partial charge >= 0.3 is 12.1 Å². The fourth-order valence-electron chi connectivity index (χ4n) is 1.38. The lowest BCUT2D eigenvalue weighted by Crippen LogP contribution is -2.49. The normalized spacial score (nSPS) is 28.4. The van der Waals surface area contributed by atoms with Crippen LogP contribution in [0.15, 0.2) is 0 Å². The molecule has 0 aromatic heterocycles. The maximum absolute atomic E-state index is 12.3. The Morgan fingerprint density at radius 2 is 2.07 bits per heavy atom. The number of carboxylic acids is 1. The van der Waals surface area contributed by atoms with Gasteiger partial charge in [-0.2, -0.15) is 13.2 Å². The van der Waals surface area contributed by atoms with Crippen molar-refractivity contribution in [2.24, 2.45) is 11.8 Å². The van der Waals surface area contributed by atoms with E-state index in [2.05, 4.69) is 5.32 Å². The molecule has 1 fully saturated rings. The van der Waals surface area contributed by atoms with Gasteiger partial charge in [0.25, 0.3) is 0 Å². The van der Waals surface area contributed by atoms with E-state index in [4.69, 9.17) is 5.11 Å². The summed E-state index contributed by atoms with van der Waals surface area (Å²) in [6.07, 6.45) is -5.44. The Morgan fingerprint density at radius 1 is 1.50 bits per heavy atom. The van der Waals surface area contributed by atoms with E-state index in [1.807, 2.05) is 0 Å². The van der Waals surface area contributed by atoms with Gasteiger partial charge in [-0.1, -0.05) is 0 Å². The van der Waals surface area contributed by atoms with Crippen LogP contribution in [0, 0.1) is 11.8 Å². The molecule has 0 aromatic rings. The van der Waals surface area contributed by atoms with Gasteiger partial charge in [0.1, 0.15) is 0 Å². The van der Waals surface area contributed by atoms with Gasteiger partial charge in [-0.3, -0.25) is 9.59 Å². The van der Waals surface area contributed by atoms with Crippen LogP contribution in [-0.4, -0.2) is 29.7 Å². The van der Waals surface area contributed by atoms with E-state index in [9.17, 15) is 22.8 Å². The molecule has 1 amide bonds. The Bertz CT molecular complexity index is 263. The highest BCUT2D eigenvalue weighted by Gasteiger charge is 2.50. The third-order valence-corrected chi connectivity index (χ3v) is 2.15. The zero-order valence-corrected chi connectivity index (χ0v) is 6.97. The summed E-state index contributed by atoms with van der Waals surface area (Å²) in [6.45, 7) is -0.460. The average Bonchev–Trinajstić information content (AvgIpc) is 2.01. The summed E-state index contributed by atoms with van der Waals surface area (Å²) in [5.74, 6) is -5.95. The maximum atomic E-state index is 12.3. The van der Waals surface area contributed by atoms with Gasteiger partial charge in [-0.05, 0) is 0 Å². The molecule has 1 aliphatic rings. The number of hydrogen-bond acceptors (Lipinski definition) is 2. The predicted molar refractivity (Wildman–Crippen MR) is 38.3 cm³/mol. The molecule has 0 saturated carbocycles. The minimum Gasteiger partial charge on any atom is -0.481 e. The number of halogens is 3. The quantitative estimate of drug-likeness (QED) is 0.659. The van der Waals surface area contributed by atoms with Gasteiger partial charge in [0.2, 0.25) is 5.91 Å². The monoisotopic (exact) mass is 211 g/mol. The van der Waals surface area contributed by atoms with Crippen LogP contribution in [0.1, 0.15) is 6.42 Å². The first-order valence-corrected chi connectivity index (χ1v) is 3.88. The third kappa shape index (κ3) is 2.15. The van der Waals surface area contributed by atoms with Crippen molar-refractivity contribution in [3.8, 4) is 0 Å². The van der Waals surface area contributed by atoms with E-state index in [0.29, 0.717) is 0 Å². The lowest BCUT2D eigenvalue weighted by Gasteiger charge is -2.29. The molecule has 0 spiro atoms. The highest BCUT2D eigenvalue weighted by Crippen LogP contribution is 2.36. The highest BCUT2D eigenvalue weighted by atomic mass is 19.4. The Hall–Kier alpha value is -1.27. The van der Waals surface area contributed by atoms with Crippen LogP contribution < -0.4 is 5.32 Å². The second-order valence-electron chi connectivity index (χ2n) is 3.10. The molecule has 1 saturated heterocycles. The molecule has 4 nitrogen and oxygen atoms in total. The topological polar surface area (TPSA) is 66.4 Å². The summed E-state index contributed by atoms with van der Waals surface area (Å²) in [5.41, 5.74) is 0. The first kappa shape index (κ1) is 10.8. The van der Waals surface area contributed by atoms with Crippen LogP contribution in [-0.2, 0) is 9.59 Å². The van der Waals surface area contributed by atoms with Crippen molar-refractivity contribution in [3.63, 3.8) is 0 Å². The molecule has 0 bridgehead atoms. The molecule has 2 atom stereocenters. The molecule has 0 aromatic carbocycles. The van der Waals surface area contributed by atoms with Gasteiger partial charge in [0, 0.05) is 13.0 Å². The van der Waals surface area contributed by atoms with Gasteiger partial charge in [-0.25, -0.2) is 0 Å². The summed E-state index contributed by atoms with van der Waals surface area (Å²) in [6, 6.07) is 0. The Morgan fingerprint density at radius 3 is 2.50 bits per heavy atom. The van der Waals surface area contributed by atoms with Crippen molar-refractivity contribution in [2.45, 2.75) is 12.6 Å². The Kier molecular flexibility index (Phi) is 2.68. The zero-order chi connectivity index (χ0) is 10.9. The molecule has 14 heavy (non-hydrogen) atoms. The van der Waals surface area contributed by atoms with Crippen LogP contribution in [0.3, 0.4) is 0 Å². The van der Waals surface area contributed by atoms with E-state index < -0.39 is 42.9 Å². The predicted octanol–water partition coefficient (Wildman–Crippen LogP) is 0.386. The van der Waals surface area contributed by atoms with E-state index in [0.717, 1.165) is 0 Å². The van der Waals surface area contributed by atoms with E-state index in [1.54, 1.807) is 0 Å². The Balaban J connectivity index is 2.84. The van der Waals surface area contributed by atoms with Gasteiger partial charge < -0.3 is 10.4 Å². The van der Waals surface area contributed by atoms with Crippen molar-refractivity contribution in [1.82, 2.24) is 5.32 Å². The fourth-order valence-corrected chi connectivity index (χ4v) is 1.38. The molecule has 1 heterocycles. The molecule has 1 rings (SSSR count). The lowest BCUT2D eigenvalue weighted by molar-refractivity contribution is -0.202. The smallest absolute Gasteiger partial charge is 0.393 e. The van der Waals surface area contributed by atoms with Crippen molar-refractivity contribution in [2.75, 3.05) is 6.54 Å². The number of amides is 1. The maximum Gasteiger partial charge on any atom is 0.393 e. The number of hydrogen-bond donors (Lipinski definition) is 2. The zero-order valence-electron chi connectivity index (χ0n) is 6.97. The molecule has 1 aliphatic heterocycles. The number of rotatable bonds is 1. The summed E-state index contributed by atoms with van der Waals surface area (Å²) < 4.78 is 36.8. The second-order valence-corrected chi connectivity index (χ2v) is 3.10. The summed E-state index contributed by atoms with van der Waals surface area (Å²) in [5, 5.41) is 10.6. The second kappa shape index (κ2) is 3.47. The third-order valence-electron chi connectivity index (χ3n) is 2.15. The molecular formula is C7H8F3NO3. The number of alkyl halides is 3. The SMILES string of the molecule is O=C1C[C@H](C(F)(F)F)[C@H](C(=O)O)CN1. The molecular weight excluding hydrogens is 203 g/mol. The molecule has 80 valence electrons. The molecule has 7 heteroatoms. The number of piperidine rings is 1. The number of carboxylic acid groups (broad SMARTS) is 1. The van der Waals surface area contributed by atoms with Gasteiger partial charge in [0.15, 0.2) is 0 Å². The van der Waals surface area contributed by atoms with Crippen LogP contribution in [0.4, 0.5) is 13.2 Å². The van der Waals surface area contributed by atoms with E-state index in [-0.39, 0.29) is 0 Å². The number of carbonyl (C=O) groups excluding carboxylic acids is 1. The minimum absolute atomic E-state index is 0.460.